The van der Waals surface area contributed by atoms with Crippen molar-refractivity contribution in [1.82, 2.24) is 16.0 Å². The fourth-order valence-corrected chi connectivity index (χ4v) is 3.11. The lowest BCUT2D eigenvalue weighted by Gasteiger charge is -2.23. The third-order valence-electron chi connectivity index (χ3n) is 3.42. The first-order valence-electron chi connectivity index (χ1n) is 3.73. The smallest absolute Gasteiger partial charge is 0.0632 e. The minimum atomic E-state index is 0.677. The maximum absolute atomic E-state index is 3.49. The summed E-state index contributed by atoms with van der Waals surface area (Å²) in [5.41, 5.74) is 0. The molecule has 4 fully saturated rings. The minimum absolute atomic E-state index is 0.677. The fourth-order valence-electron chi connectivity index (χ4n) is 3.11. The summed E-state index contributed by atoms with van der Waals surface area (Å²) in [6, 6.07) is 0. The van der Waals surface area contributed by atoms with Crippen LogP contribution in [0.2, 0.25) is 0 Å². The van der Waals surface area contributed by atoms with E-state index in [2.05, 4.69) is 16.0 Å². The number of nitrogens with one attached hydrogen (secondary N) is 3. The Kier molecular flexibility index (Phi) is 0.371. The lowest BCUT2D eigenvalue weighted by atomic mass is 10.3. The van der Waals surface area contributed by atoms with Gasteiger partial charge in [0, 0.05) is 0 Å². The van der Waals surface area contributed by atoms with E-state index < -0.39 is 0 Å². The number of hydrogen-bond acceptors (Lipinski definition) is 3. The largest absolute Gasteiger partial charge is 0.286 e. The van der Waals surface area contributed by atoms with Gasteiger partial charge in [-0.05, 0) is 17.8 Å². The molecule has 9 heavy (non-hydrogen) atoms. The molecule has 0 bridgehead atoms. The third-order valence-corrected chi connectivity index (χ3v) is 3.42. The molecule has 3 nitrogen and oxygen atoms in total. The van der Waals surface area contributed by atoms with E-state index in [1.165, 1.54) is 0 Å². The molecule has 3 saturated heterocycles. The van der Waals surface area contributed by atoms with Crippen LogP contribution in [-0.2, 0) is 0 Å². The van der Waals surface area contributed by atoms with Crippen LogP contribution in [0, 0.1) is 17.8 Å². The quantitative estimate of drug-likeness (QED) is 0.372. The summed E-state index contributed by atoms with van der Waals surface area (Å²) in [6.45, 7) is 0. The lowest BCUT2D eigenvalue weighted by Crippen LogP contribution is -2.57. The van der Waals surface area contributed by atoms with Crippen LogP contribution in [0.25, 0.3) is 0 Å². The molecule has 3 N–H and O–H groups in total. The van der Waals surface area contributed by atoms with Gasteiger partial charge in [-0.3, -0.25) is 16.0 Å². The highest BCUT2D eigenvalue weighted by Crippen LogP contribution is 2.62. The van der Waals surface area contributed by atoms with Gasteiger partial charge in [-0.1, -0.05) is 0 Å². The molecule has 48 valence electrons. The predicted octanol–water partition coefficient (Wildman–Crippen LogP) is -1.36. The van der Waals surface area contributed by atoms with Crippen molar-refractivity contribution < 1.29 is 0 Å². The molecule has 0 spiro atoms. The summed E-state index contributed by atoms with van der Waals surface area (Å²) in [7, 11) is 0. The molecule has 0 aromatic rings. The van der Waals surface area contributed by atoms with Crippen molar-refractivity contribution in [2.75, 3.05) is 0 Å². The van der Waals surface area contributed by atoms with Gasteiger partial charge in [0.15, 0.2) is 0 Å². The highest BCUT2D eigenvalue weighted by molar-refractivity contribution is 5.26. The van der Waals surface area contributed by atoms with Crippen LogP contribution < -0.4 is 16.0 Å². The summed E-state index contributed by atoms with van der Waals surface area (Å²) < 4.78 is 0. The van der Waals surface area contributed by atoms with E-state index in [9.17, 15) is 0 Å². The van der Waals surface area contributed by atoms with Crippen molar-refractivity contribution in [3.05, 3.63) is 0 Å². The first-order valence-corrected chi connectivity index (χ1v) is 3.73. The van der Waals surface area contributed by atoms with Gasteiger partial charge in [-0.15, -0.1) is 0 Å². The van der Waals surface area contributed by atoms with E-state index in [1.807, 2.05) is 0 Å². The Morgan fingerprint density at radius 2 is 0.889 bits per heavy atom. The Bertz CT molecular complexity index is 139. The second-order valence-corrected chi connectivity index (χ2v) is 3.67. The predicted molar refractivity (Wildman–Crippen MR) is 31.2 cm³/mol. The van der Waals surface area contributed by atoms with Crippen molar-refractivity contribution in [3.8, 4) is 0 Å². The van der Waals surface area contributed by atoms with Crippen molar-refractivity contribution in [2.24, 2.45) is 17.8 Å². The number of hydrogen-bond donors (Lipinski definition) is 3. The third kappa shape index (κ3) is 0.237. The van der Waals surface area contributed by atoms with Gasteiger partial charge in [0.2, 0.25) is 0 Å². The summed E-state index contributed by atoms with van der Waals surface area (Å²) >= 11 is 0. The topological polar surface area (TPSA) is 36.1 Å². The van der Waals surface area contributed by atoms with Crippen LogP contribution in [0.3, 0.4) is 0 Å². The summed E-state index contributed by atoms with van der Waals surface area (Å²) in [5, 5.41) is 10.5. The van der Waals surface area contributed by atoms with Crippen LogP contribution >= 0.6 is 0 Å². The molecule has 1 aliphatic carbocycles. The van der Waals surface area contributed by atoms with Gasteiger partial charge in [0.05, 0.1) is 18.5 Å². The summed E-state index contributed by atoms with van der Waals surface area (Å²) in [5.74, 6) is 3.00. The van der Waals surface area contributed by atoms with Gasteiger partial charge >= 0.3 is 0 Å². The Balaban J connectivity index is 1.99. The monoisotopic (exact) mass is 123 g/mol. The molecule has 3 heteroatoms. The van der Waals surface area contributed by atoms with E-state index >= 15 is 0 Å². The van der Waals surface area contributed by atoms with Gasteiger partial charge in [0.25, 0.3) is 0 Å². The number of rotatable bonds is 0. The molecular weight excluding hydrogens is 114 g/mol. The molecule has 0 amide bonds. The van der Waals surface area contributed by atoms with Gasteiger partial charge in [0.1, 0.15) is 0 Å². The van der Waals surface area contributed by atoms with E-state index in [0.29, 0.717) is 18.5 Å². The molecule has 0 atom stereocenters. The van der Waals surface area contributed by atoms with Crippen LogP contribution in [-0.4, -0.2) is 18.5 Å². The maximum atomic E-state index is 3.49. The van der Waals surface area contributed by atoms with Gasteiger partial charge < -0.3 is 0 Å². The van der Waals surface area contributed by atoms with Crippen LogP contribution in [0.5, 0.6) is 0 Å². The highest BCUT2D eigenvalue weighted by Gasteiger charge is 2.74. The minimum Gasteiger partial charge on any atom is -0.286 e. The van der Waals surface area contributed by atoms with Crippen LogP contribution in [0.15, 0.2) is 0 Å². The molecule has 3 heterocycles. The Morgan fingerprint density at radius 1 is 0.556 bits per heavy atom. The molecule has 1 saturated carbocycles. The molecule has 4 aliphatic rings. The molecule has 3 aliphatic heterocycles. The van der Waals surface area contributed by atoms with Crippen molar-refractivity contribution in [1.29, 1.82) is 0 Å². The standard InChI is InChI=1S/C6H9N3/c7-4-1-2-3(1)6(8-4)9-5(2)7/h1-9H. The van der Waals surface area contributed by atoms with Gasteiger partial charge in [-0.25, -0.2) is 0 Å². The highest BCUT2D eigenvalue weighted by atomic mass is 15.5. The zero-order valence-electron chi connectivity index (χ0n) is 4.96. The zero-order valence-corrected chi connectivity index (χ0v) is 4.96. The lowest BCUT2D eigenvalue weighted by molar-refractivity contribution is 0.325. The van der Waals surface area contributed by atoms with Crippen molar-refractivity contribution in [2.45, 2.75) is 18.5 Å². The van der Waals surface area contributed by atoms with Crippen molar-refractivity contribution in [3.63, 3.8) is 0 Å². The molecular formula is C6H9N3. The second-order valence-electron chi connectivity index (χ2n) is 3.67. The first kappa shape index (κ1) is 3.91. The summed E-state index contributed by atoms with van der Waals surface area (Å²) in [6.07, 6.45) is 2.03. The van der Waals surface area contributed by atoms with E-state index in [4.69, 9.17) is 0 Å². The normalized spacial score (nSPS) is 80.0. The SMILES string of the molecule is N1C2NC3NC1C1C2C31. The van der Waals surface area contributed by atoms with E-state index in [-0.39, 0.29) is 0 Å². The molecule has 0 aromatic carbocycles. The zero-order chi connectivity index (χ0) is 5.59. The van der Waals surface area contributed by atoms with E-state index in [1.54, 1.807) is 0 Å². The average molecular weight is 123 g/mol. The number of piperidine rings is 3. The molecule has 0 unspecified atom stereocenters. The summed E-state index contributed by atoms with van der Waals surface area (Å²) in [4.78, 5) is 0. The first-order chi connectivity index (χ1) is 4.45. The molecule has 0 radical (unpaired) electrons. The Labute approximate surface area is 53.2 Å². The molecule has 0 aromatic heterocycles. The van der Waals surface area contributed by atoms with Crippen LogP contribution in [0.4, 0.5) is 0 Å². The Morgan fingerprint density at radius 3 is 1.11 bits per heavy atom. The molecule has 4 rings (SSSR count). The van der Waals surface area contributed by atoms with Gasteiger partial charge in [-0.2, -0.15) is 0 Å². The fraction of sp³-hybridized carbons (Fsp3) is 1.00. The van der Waals surface area contributed by atoms with Crippen molar-refractivity contribution >= 4 is 0 Å². The van der Waals surface area contributed by atoms with Crippen LogP contribution in [0.1, 0.15) is 0 Å². The second kappa shape index (κ2) is 0.856. The Hall–Kier alpha value is -0.120. The average Bonchev–Trinajstić information content (AvgIpc) is 2.39. The maximum Gasteiger partial charge on any atom is 0.0632 e. The van der Waals surface area contributed by atoms with E-state index in [0.717, 1.165) is 17.8 Å².